The lowest BCUT2D eigenvalue weighted by atomic mass is 9.53. The topological polar surface area (TPSA) is 63.5 Å². The first-order chi connectivity index (χ1) is 15.7. The summed E-state index contributed by atoms with van der Waals surface area (Å²) in [5, 5.41) is 9.32. The molecule has 0 spiro atoms. The number of ether oxygens (including phenoxy) is 1. The average molecular weight is 442 g/mol. The van der Waals surface area contributed by atoms with Crippen molar-refractivity contribution in [2.75, 3.05) is 44.3 Å². The number of anilines is 1. The van der Waals surface area contributed by atoms with E-state index in [0.29, 0.717) is 6.54 Å². The SMILES string of the molecule is O=C(C1CCCCC1)N(CCN1CCOCC1)c1cn(C23CC4CC(CC(C4)C2)C3)nn1. The van der Waals surface area contributed by atoms with Crippen LogP contribution in [0.25, 0.3) is 0 Å². The van der Waals surface area contributed by atoms with Crippen molar-refractivity contribution < 1.29 is 9.53 Å². The third-order valence-electron chi connectivity index (χ3n) is 9.21. The number of carbonyl (C=O) groups is 1. The molecule has 1 aliphatic heterocycles. The highest BCUT2D eigenvalue weighted by atomic mass is 16.5. The molecular weight excluding hydrogens is 402 g/mol. The van der Waals surface area contributed by atoms with Crippen molar-refractivity contribution in [2.45, 2.75) is 76.2 Å². The molecule has 0 unspecified atom stereocenters. The summed E-state index contributed by atoms with van der Waals surface area (Å²) in [5.41, 5.74) is 0.157. The molecule has 5 saturated carbocycles. The number of nitrogens with zero attached hydrogens (tertiary/aromatic N) is 5. The van der Waals surface area contributed by atoms with Gasteiger partial charge in [-0.15, -0.1) is 5.10 Å². The number of aromatic nitrogens is 3. The largest absolute Gasteiger partial charge is 0.379 e. The predicted octanol–water partition coefficient (Wildman–Crippen LogP) is 3.45. The van der Waals surface area contributed by atoms with E-state index in [0.717, 1.165) is 69.3 Å². The Morgan fingerprint density at radius 3 is 2.34 bits per heavy atom. The van der Waals surface area contributed by atoms with E-state index in [1.165, 1.54) is 57.8 Å². The second-order valence-electron chi connectivity index (χ2n) is 11.4. The molecular formula is C25H39N5O2. The summed E-state index contributed by atoms with van der Waals surface area (Å²) in [6.45, 7) is 5.06. The fourth-order valence-electron chi connectivity index (χ4n) is 7.93. The molecule has 4 bridgehead atoms. The van der Waals surface area contributed by atoms with Gasteiger partial charge in [0.05, 0.1) is 24.9 Å². The second-order valence-corrected chi connectivity index (χ2v) is 11.4. The van der Waals surface area contributed by atoms with Gasteiger partial charge in [-0.05, 0) is 69.1 Å². The van der Waals surface area contributed by atoms with Crippen LogP contribution in [-0.4, -0.2) is 65.2 Å². The highest BCUT2D eigenvalue weighted by molar-refractivity contribution is 5.94. The van der Waals surface area contributed by atoms with E-state index in [2.05, 4.69) is 26.1 Å². The molecule has 0 atom stereocenters. The fourth-order valence-corrected chi connectivity index (χ4v) is 7.93. The minimum absolute atomic E-state index is 0.151. The third kappa shape index (κ3) is 4.00. The summed E-state index contributed by atoms with van der Waals surface area (Å²) in [7, 11) is 0. The van der Waals surface area contributed by atoms with Crippen LogP contribution in [0.15, 0.2) is 6.20 Å². The number of hydrogen-bond donors (Lipinski definition) is 0. The van der Waals surface area contributed by atoms with Gasteiger partial charge >= 0.3 is 0 Å². The normalized spacial score (nSPS) is 35.3. The van der Waals surface area contributed by atoms with E-state index in [-0.39, 0.29) is 17.4 Å². The maximum atomic E-state index is 13.6. The third-order valence-corrected chi connectivity index (χ3v) is 9.21. The molecule has 32 heavy (non-hydrogen) atoms. The first kappa shape index (κ1) is 21.1. The Morgan fingerprint density at radius 2 is 1.69 bits per heavy atom. The summed E-state index contributed by atoms with van der Waals surface area (Å²) >= 11 is 0. The molecule has 5 aliphatic carbocycles. The van der Waals surface area contributed by atoms with Crippen molar-refractivity contribution in [1.82, 2.24) is 19.9 Å². The van der Waals surface area contributed by atoms with Crippen LogP contribution in [-0.2, 0) is 15.1 Å². The van der Waals surface area contributed by atoms with Crippen LogP contribution < -0.4 is 4.90 Å². The lowest BCUT2D eigenvalue weighted by molar-refractivity contribution is -0.123. The molecule has 1 aromatic heterocycles. The van der Waals surface area contributed by atoms with Crippen LogP contribution in [0.1, 0.15) is 70.6 Å². The highest BCUT2D eigenvalue weighted by Gasteiger charge is 2.52. The molecule has 7 heteroatoms. The zero-order valence-electron chi connectivity index (χ0n) is 19.5. The van der Waals surface area contributed by atoms with Crippen LogP contribution in [0, 0.1) is 23.7 Å². The molecule has 1 aromatic rings. The number of hydrogen-bond acceptors (Lipinski definition) is 5. The lowest BCUT2D eigenvalue weighted by Crippen LogP contribution is -2.52. The monoisotopic (exact) mass is 441 g/mol. The average Bonchev–Trinajstić information content (AvgIpc) is 3.30. The van der Waals surface area contributed by atoms with Crippen molar-refractivity contribution in [1.29, 1.82) is 0 Å². The van der Waals surface area contributed by atoms with Crippen LogP contribution in [0.3, 0.4) is 0 Å². The second kappa shape index (κ2) is 8.71. The van der Waals surface area contributed by atoms with Gasteiger partial charge < -0.3 is 4.74 Å². The summed E-state index contributed by atoms with van der Waals surface area (Å²) < 4.78 is 7.70. The molecule has 0 N–H and O–H groups in total. The molecule has 7 rings (SSSR count). The smallest absolute Gasteiger partial charge is 0.231 e. The molecule has 0 radical (unpaired) electrons. The van der Waals surface area contributed by atoms with Crippen molar-refractivity contribution in [3.05, 3.63) is 6.20 Å². The Balaban J connectivity index is 1.22. The van der Waals surface area contributed by atoms with Gasteiger partial charge in [0.1, 0.15) is 0 Å². The van der Waals surface area contributed by atoms with Crippen LogP contribution in [0.2, 0.25) is 0 Å². The Morgan fingerprint density at radius 1 is 1.03 bits per heavy atom. The molecule has 6 aliphatic rings. The minimum atomic E-state index is 0.151. The summed E-state index contributed by atoms with van der Waals surface area (Å²) in [5.74, 6) is 3.82. The molecule has 6 fully saturated rings. The summed E-state index contributed by atoms with van der Waals surface area (Å²) in [6, 6.07) is 0. The van der Waals surface area contributed by atoms with Gasteiger partial charge in [-0.3, -0.25) is 14.6 Å². The Bertz CT molecular complexity index is 776. The van der Waals surface area contributed by atoms with Crippen LogP contribution in [0.4, 0.5) is 5.82 Å². The van der Waals surface area contributed by atoms with Crippen molar-refractivity contribution in [2.24, 2.45) is 23.7 Å². The number of morpholine rings is 1. The van der Waals surface area contributed by atoms with Gasteiger partial charge in [0.25, 0.3) is 0 Å². The van der Waals surface area contributed by atoms with Crippen LogP contribution in [0.5, 0.6) is 0 Å². The van der Waals surface area contributed by atoms with E-state index in [1.54, 1.807) is 0 Å². The number of amides is 1. The standard InChI is InChI=1S/C25H39N5O2/c31-24(22-4-2-1-3-5-22)29(7-6-28-8-10-32-11-9-28)23-18-30(27-26-23)25-15-19-12-20(16-25)14-21(13-19)17-25/h18-22H,1-17H2. The zero-order valence-corrected chi connectivity index (χ0v) is 19.5. The predicted molar refractivity (Wildman–Crippen MR) is 122 cm³/mol. The maximum Gasteiger partial charge on any atom is 0.231 e. The van der Waals surface area contributed by atoms with E-state index >= 15 is 0 Å². The van der Waals surface area contributed by atoms with E-state index in [4.69, 9.17) is 4.74 Å². The van der Waals surface area contributed by atoms with Crippen molar-refractivity contribution >= 4 is 11.7 Å². The summed E-state index contributed by atoms with van der Waals surface area (Å²) in [6.07, 6.45) is 15.8. The van der Waals surface area contributed by atoms with Gasteiger partial charge in [0, 0.05) is 32.1 Å². The highest BCUT2D eigenvalue weighted by Crippen LogP contribution is 2.58. The molecule has 1 saturated heterocycles. The molecule has 2 heterocycles. The van der Waals surface area contributed by atoms with Gasteiger partial charge in [-0.25, -0.2) is 4.68 Å². The van der Waals surface area contributed by atoms with Crippen LogP contribution >= 0.6 is 0 Å². The minimum Gasteiger partial charge on any atom is -0.379 e. The first-order valence-electron chi connectivity index (χ1n) is 13.2. The van der Waals surface area contributed by atoms with E-state index < -0.39 is 0 Å². The van der Waals surface area contributed by atoms with Crippen molar-refractivity contribution in [3.8, 4) is 0 Å². The number of rotatable bonds is 6. The van der Waals surface area contributed by atoms with E-state index in [9.17, 15) is 4.79 Å². The summed E-state index contributed by atoms with van der Waals surface area (Å²) in [4.78, 5) is 18.0. The zero-order chi connectivity index (χ0) is 21.5. The maximum absolute atomic E-state index is 13.6. The Hall–Kier alpha value is -1.47. The van der Waals surface area contributed by atoms with Crippen molar-refractivity contribution in [3.63, 3.8) is 0 Å². The molecule has 1 amide bonds. The van der Waals surface area contributed by atoms with E-state index in [1.807, 2.05) is 4.90 Å². The number of carbonyl (C=O) groups excluding carboxylic acids is 1. The van der Waals surface area contributed by atoms with Gasteiger partial charge in [-0.1, -0.05) is 24.5 Å². The molecule has 0 aromatic carbocycles. The Labute approximate surface area is 191 Å². The first-order valence-corrected chi connectivity index (χ1v) is 13.2. The quantitative estimate of drug-likeness (QED) is 0.677. The van der Waals surface area contributed by atoms with Gasteiger partial charge in [0.2, 0.25) is 5.91 Å². The van der Waals surface area contributed by atoms with Gasteiger partial charge in [-0.2, -0.15) is 0 Å². The molecule has 7 nitrogen and oxygen atoms in total. The molecule has 176 valence electrons. The Kier molecular flexibility index (Phi) is 5.74. The lowest BCUT2D eigenvalue weighted by Gasteiger charge is -2.56. The van der Waals surface area contributed by atoms with Gasteiger partial charge in [0.15, 0.2) is 5.82 Å². The fraction of sp³-hybridized carbons (Fsp3) is 0.880.